The summed E-state index contributed by atoms with van der Waals surface area (Å²) in [6, 6.07) is 3.55. The number of carboxylic acid groups (broad SMARTS) is 2. The first-order chi connectivity index (χ1) is 8.99. The number of nitriles is 1. The number of aliphatic imine (C=N–C) groups is 1. The van der Waals surface area contributed by atoms with Gasteiger partial charge in [-0.3, -0.25) is 5.32 Å². The van der Waals surface area contributed by atoms with Gasteiger partial charge in [0.15, 0.2) is 11.4 Å². The molecule has 0 saturated heterocycles. The molecule has 19 heavy (non-hydrogen) atoms. The van der Waals surface area contributed by atoms with E-state index in [4.69, 9.17) is 15.5 Å². The molecule has 0 aliphatic carbocycles. The van der Waals surface area contributed by atoms with Gasteiger partial charge in [-0.15, -0.1) is 0 Å². The summed E-state index contributed by atoms with van der Waals surface area (Å²) < 4.78 is 0. The molecule has 7 nitrogen and oxygen atoms in total. The second-order valence-electron chi connectivity index (χ2n) is 3.20. The topological polar surface area (TPSA) is 123 Å². The minimum absolute atomic E-state index is 0.0737. The van der Waals surface area contributed by atoms with E-state index in [-0.39, 0.29) is 22.0 Å². The van der Waals surface area contributed by atoms with Gasteiger partial charge in [-0.2, -0.15) is 5.26 Å². The summed E-state index contributed by atoms with van der Waals surface area (Å²) in [5, 5.41) is 28.8. The second kappa shape index (κ2) is 6.42. The molecule has 0 atom stereocenters. The molecular formula is C11H9N3O4S. The van der Waals surface area contributed by atoms with Crippen molar-refractivity contribution in [1.82, 2.24) is 5.32 Å². The van der Waals surface area contributed by atoms with Crippen molar-refractivity contribution in [3.05, 3.63) is 29.3 Å². The number of hydrogen-bond donors (Lipinski definition) is 3. The van der Waals surface area contributed by atoms with Gasteiger partial charge < -0.3 is 10.2 Å². The van der Waals surface area contributed by atoms with E-state index in [0.717, 1.165) is 17.8 Å². The fraction of sp³-hybridized carbons (Fsp3) is 0.0909. The Kier molecular flexibility index (Phi) is 4.91. The maximum atomic E-state index is 11.1. The predicted molar refractivity (Wildman–Crippen MR) is 69.7 cm³/mol. The number of rotatable bonds is 3. The van der Waals surface area contributed by atoms with Crippen molar-refractivity contribution >= 4 is 34.6 Å². The van der Waals surface area contributed by atoms with Gasteiger partial charge >= 0.3 is 11.9 Å². The number of carboxylic acids is 2. The van der Waals surface area contributed by atoms with Crippen LogP contribution in [-0.2, 0) is 0 Å². The molecule has 0 radical (unpaired) electrons. The van der Waals surface area contributed by atoms with E-state index in [2.05, 4.69) is 10.3 Å². The number of benzene rings is 1. The number of amidine groups is 1. The van der Waals surface area contributed by atoms with Gasteiger partial charge in [0, 0.05) is 0 Å². The summed E-state index contributed by atoms with van der Waals surface area (Å²) in [4.78, 5) is 25.8. The summed E-state index contributed by atoms with van der Waals surface area (Å²) in [6.07, 6.45) is 3.34. The molecule has 0 aliphatic heterocycles. The van der Waals surface area contributed by atoms with Crippen molar-refractivity contribution in [3.8, 4) is 6.19 Å². The number of carbonyl (C=O) groups is 2. The lowest BCUT2D eigenvalue weighted by molar-refractivity contribution is 0.0696. The molecule has 1 rings (SSSR count). The maximum Gasteiger partial charge on any atom is 0.337 e. The SMILES string of the molecule is CSC(=Nc1ccc(C(=O)O)cc1C(=O)O)NC#N. The average molecular weight is 279 g/mol. The smallest absolute Gasteiger partial charge is 0.337 e. The van der Waals surface area contributed by atoms with E-state index < -0.39 is 11.9 Å². The van der Waals surface area contributed by atoms with Crippen molar-refractivity contribution in [2.45, 2.75) is 0 Å². The van der Waals surface area contributed by atoms with E-state index in [0.29, 0.717) is 0 Å². The Balaban J connectivity index is 3.32. The van der Waals surface area contributed by atoms with Crippen LogP contribution in [-0.4, -0.2) is 33.6 Å². The van der Waals surface area contributed by atoms with Gasteiger partial charge in [-0.05, 0) is 24.5 Å². The highest BCUT2D eigenvalue weighted by atomic mass is 32.2. The number of thioether (sulfide) groups is 1. The molecule has 0 spiro atoms. The zero-order chi connectivity index (χ0) is 14.4. The highest BCUT2D eigenvalue weighted by Crippen LogP contribution is 2.22. The molecule has 1 aromatic rings. The van der Waals surface area contributed by atoms with Crippen LogP contribution < -0.4 is 5.32 Å². The van der Waals surface area contributed by atoms with Crippen LogP contribution in [0.4, 0.5) is 5.69 Å². The highest BCUT2D eigenvalue weighted by molar-refractivity contribution is 8.13. The Morgan fingerprint density at radius 3 is 2.53 bits per heavy atom. The van der Waals surface area contributed by atoms with Crippen molar-refractivity contribution in [2.24, 2.45) is 4.99 Å². The molecular weight excluding hydrogens is 270 g/mol. The molecule has 0 unspecified atom stereocenters. The number of nitrogens with one attached hydrogen (secondary N) is 1. The quantitative estimate of drug-likeness (QED) is 0.331. The standard InChI is InChI=1S/C11H9N3O4S/c1-19-11(13-5-12)14-8-3-2-6(9(15)16)4-7(8)10(17)18/h2-4H,1H3,(H,13,14)(H,15,16)(H,17,18). The second-order valence-corrected chi connectivity index (χ2v) is 4.00. The van der Waals surface area contributed by atoms with Crippen molar-refractivity contribution in [1.29, 1.82) is 5.26 Å². The normalized spacial score (nSPS) is 10.6. The molecule has 8 heteroatoms. The predicted octanol–water partition coefficient (Wildman–Crippen LogP) is 1.50. The zero-order valence-electron chi connectivity index (χ0n) is 9.75. The molecule has 0 aromatic heterocycles. The van der Waals surface area contributed by atoms with Gasteiger partial charge in [0.2, 0.25) is 0 Å². The van der Waals surface area contributed by atoms with Crippen molar-refractivity contribution < 1.29 is 19.8 Å². The van der Waals surface area contributed by atoms with Crippen LogP contribution in [0.5, 0.6) is 0 Å². The zero-order valence-corrected chi connectivity index (χ0v) is 10.6. The number of aromatic carboxylic acids is 2. The summed E-state index contributed by atoms with van der Waals surface area (Å²) in [5.74, 6) is -2.52. The molecule has 3 N–H and O–H groups in total. The van der Waals surface area contributed by atoms with Crippen LogP contribution in [0.3, 0.4) is 0 Å². The molecule has 0 heterocycles. The monoisotopic (exact) mass is 279 g/mol. The summed E-state index contributed by atoms with van der Waals surface area (Å²) in [7, 11) is 0. The van der Waals surface area contributed by atoms with Gasteiger partial charge in [-0.25, -0.2) is 14.6 Å². The molecule has 0 fully saturated rings. The third-order valence-electron chi connectivity index (χ3n) is 2.05. The van der Waals surface area contributed by atoms with Crippen molar-refractivity contribution in [3.63, 3.8) is 0 Å². The third-order valence-corrected chi connectivity index (χ3v) is 2.63. The third kappa shape index (κ3) is 3.72. The van der Waals surface area contributed by atoms with E-state index in [1.807, 2.05) is 0 Å². The molecule has 0 aliphatic rings. The van der Waals surface area contributed by atoms with Gasteiger partial charge in [-0.1, -0.05) is 11.8 Å². The molecule has 0 bridgehead atoms. The first-order valence-corrected chi connectivity index (χ1v) is 6.10. The van der Waals surface area contributed by atoms with Crippen LogP contribution in [0.2, 0.25) is 0 Å². The lowest BCUT2D eigenvalue weighted by Gasteiger charge is -2.04. The first-order valence-electron chi connectivity index (χ1n) is 4.88. The lowest BCUT2D eigenvalue weighted by Crippen LogP contribution is -2.13. The highest BCUT2D eigenvalue weighted by Gasteiger charge is 2.14. The number of nitrogens with zero attached hydrogens (tertiary/aromatic N) is 2. The summed E-state index contributed by atoms with van der Waals surface area (Å²) in [6.45, 7) is 0. The van der Waals surface area contributed by atoms with Crippen LogP contribution in [0.25, 0.3) is 0 Å². The van der Waals surface area contributed by atoms with Crippen molar-refractivity contribution in [2.75, 3.05) is 6.26 Å². The van der Waals surface area contributed by atoms with Crippen LogP contribution in [0.1, 0.15) is 20.7 Å². The summed E-state index contributed by atoms with van der Waals surface area (Å²) >= 11 is 1.13. The molecule has 98 valence electrons. The van der Waals surface area contributed by atoms with E-state index in [9.17, 15) is 9.59 Å². The fourth-order valence-electron chi connectivity index (χ4n) is 1.22. The van der Waals surface area contributed by atoms with Gasteiger partial charge in [0.25, 0.3) is 0 Å². The Bertz CT molecular complexity index is 592. The van der Waals surface area contributed by atoms with Gasteiger partial charge in [0.1, 0.15) is 0 Å². The minimum Gasteiger partial charge on any atom is -0.478 e. The minimum atomic E-state index is -1.29. The van der Waals surface area contributed by atoms with E-state index in [1.54, 1.807) is 12.4 Å². The largest absolute Gasteiger partial charge is 0.478 e. The van der Waals surface area contributed by atoms with E-state index in [1.165, 1.54) is 12.1 Å². The Hall–Kier alpha value is -2.53. The van der Waals surface area contributed by atoms with E-state index >= 15 is 0 Å². The Labute approximate surface area is 112 Å². The molecule has 0 saturated carbocycles. The van der Waals surface area contributed by atoms with Gasteiger partial charge in [0.05, 0.1) is 16.8 Å². The number of hydrogen-bond acceptors (Lipinski definition) is 5. The summed E-state index contributed by atoms with van der Waals surface area (Å²) in [5.41, 5.74) is -0.314. The van der Waals surface area contributed by atoms with Crippen LogP contribution >= 0.6 is 11.8 Å². The van der Waals surface area contributed by atoms with Crippen LogP contribution in [0, 0.1) is 11.5 Å². The van der Waals surface area contributed by atoms with Crippen LogP contribution in [0.15, 0.2) is 23.2 Å². The maximum absolute atomic E-state index is 11.1. The Morgan fingerprint density at radius 2 is 2.05 bits per heavy atom. The average Bonchev–Trinajstić information content (AvgIpc) is 2.37. The fourth-order valence-corrected chi connectivity index (χ4v) is 1.56. The first kappa shape index (κ1) is 14.5. The molecule has 1 aromatic carbocycles. The Morgan fingerprint density at radius 1 is 1.37 bits per heavy atom. The lowest BCUT2D eigenvalue weighted by atomic mass is 10.1. The molecule has 0 amide bonds.